The molecule has 24 heavy (non-hydrogen) atoms. The Balaban J connectivity index is 2.32. The van der Waals surface area contributed by atoms with E-state index < -0.39 is 11.9 Å². The Kier molecular flexibility index (Phi) is 4.19. The number of aryl methyl sites for hydroxylation is 1. The monoisotopic (exact) mass is 345 g/mol. The smallest absolute Gasteiger partial charge is 0.263 e. The average molecular weight is 345 g/mol. The van der Waals surface area contributed by atoms with E-state index in [2.05, 4.69) is 4.98 Å². The number of primary amides is 1. The van der Waals surface area contributed by atoms with E-state index in [-0.39, 0.29) is 11.4 Å². The summed E-state index contributed by atoms with van der Waals surface area (Å²) < 4.78 is 14.5. The van der Waals surface area contributed by atoms with Crippen molar-refractivity contribution in [2.45, 2.75) is 26.3 Å². The highest BCUT2D eigenvalue weighted by Gasteiger charge is 2.21. The molecule has 0 fully saturated rings. The lowest BCUT2D eigenvalue weighted by Gasteiger charge is -2.16. The van der Waals surface area contributed by atoms with Crippen LogP contribution in [0.15, 0.2) is 34.4 Å². The van der Waals surface area contributed by atoms with E-state index in [1.54, 1.807) is 19.1 Å². The van der Waals surface area contributed by atoms with Gasteiger partial charge in [-0.3, -0.25) is 14.2 Å². The first-order valence-electron chi connectivity index (χ1n) is 7.52. The van der Waals surface area contributed by atoms with Crippen LogP contribution < -0.4 is 11.3 Å². The van der Waals surface area contributed by atoms with Crippen LogP contribution in [-0.4, -0.2) is 15.5 Å². The van der Waals surface area contributed by atoms with E-state index in [0.717, 1.165) is 5.56 Å². The van der Waals surface area contributed by atoms with Gasteiger partial charge in [0.05, 0.1) is 5.39 Å². The van der Waals surface area contributed by atoms with E-state index in [9.17, 15) is 14.0 Å². The SMILES string of the molecule is CCc1nc2scc(-c3ccc(F)cc3)c2c(=O)n1C(C)C(N)=O. The summed E-state index contributed by atoms with van der Waals surface area (Å²) in [6.45, 7) is 3.45. The highest BCUT2D eigenvalue weighted by atomic mass is 32.1. The second-order valence-corrected chi connectivity index (χ2v) is 6.33. The number of thiophene rings is 1. The molecule has 0 aliphatic carbocycles. The van der Waals surface area contributed by atoms with E-state index in [1.165, 1.54) is 28.0 Å². The molecule has 3 rings (SSSR count). The number of hydrogen-bond acceptors (Lipinski definition) is 4. The molecule has 124 valence electrons. The molecule has 0 saturated heterocycles. The maximum absolute atomic E-state index is 13.2. The predicted molar refractivity (Wildman–Crippen MR) is 92.6 cm³/mol. The third-order valence-electron chi connectivity index (χ3n) is 3.98. The lowest BCUT2D eigenvalue weighted by molar-refractivity contribution is -0.120. The van der Waals surface area contributed by atoms with Gasteiger partial charge in [0, 0.05) is 17.4 Å². The molecular weight excluding hydrogens is 329 g/mol. The maximum atomic E-state index is 13.2. The topological polar surface area (TPSA) is 78.0 Å². The number of benzene rings is 1. The zero-order valence-corrected chi connectivity index (χ0v) is 14.1. The lowest BCUT2D eigenvalue weighted by Crippen LogP contribution is -2.34. The van der Waals surface area contributed by atoms with Gasteiger partial charge in [0.2, 0.25) is 5.91 Å². The molecule has 2 aromatic heterocycles. The summed E-state index contributed by atoms with van der Waals surface area (Å²) in [5.74, 6) is -0.415. The number of nitrogens with two attached hydrogens (primary N) is 1. The fourth-order valence-corrected chi connectivity index (χ4v) is 3.62. The molecular formula is C17H16FN3O2S. The van der Waals surface area contributed by atoms with Gasteiger partial charge in [-0.25, -0.2) is 9.37 Å². The van der Waals surface area contributed by atoms with E-state index in [0.29, 0.717) is 28.0 Å². The second kappa shape index (κ2) is 6.16. The molecule has 1 unspecified atom stereocenters. The van der Waals surface area contributed by atoms with Crippen LogP contribution >= 0.6 is 11.3 Å². The third-order valence-corrected chi connectivity index (χ3v) is 4.86. The van der Waals surface area contributed by atoms with Crippen molar-refractivity contribution in [1.82, 2.24) is 9.55 Å². The van der Waals surface area contributed by atoms with Gasteiger partial charge in [0.25, 0.3) is 5.56 Å². The zero-order valence-electron chi connectivity index (χ0n) is 13.2. The maximum Gasteiger partial charge on any atom is 0.263 e. The Morgan fingerprint density at radius 1 is 1.38 bits per heavy atom. The Hall–Kier alpha value is -2.54. The molecule has 2 heterocycles. The first-order valence-corrected chi connectivity index (χ1v) is 8.39. The Bertz CT molecular complexity index is 976. The van der Waals surface area contributed by atoms with Crippen molar-refractivity contribution in [3.63, 3.8) is 0 Å². The highest BCUT2D eigenvalue weighted by Crippen LogP contribution is 2.31. The molecule has 1 aromatic carbocycles. The van der Waals surface area contributed by atoms with Crippen LogP contribution in [0, 0.1) is 5.82 Å². The van der Waals surface area contributed by atoms with Gasteiger partial charge in [-0.05, 0) is 24.6 Å². The number of amides is 1. The van der Waals surface area contributed by atoms with Gasteiger partial charge in [-0.2, -0.15) is 0 Å². The molecule has 0 bridgehead atoms. The van der Waals surface area contributed by atoms with E-state index >= 15 is 0 Å². The van der Waals surface area contributed by atoms with Crippen molar-refractivity contribution in [1.29, 1.82) is 0 Å². The van der Waals surface area contributed by atoms with Crippen LogP contribution in [0.5, 0.6) is 0 Å². The summed E-state index contributed by atoms with van der Waals surface area (Å²) in [6.07, 6.45) is 0.507. The normalized spacial score (nSPS) is 12.5. The van der Waals surface area contributed by atoms with Crippen LogP contribution in [0.3, 0.4) is 0 Å². The largest absolute Gasteiger partial charge is 0.368 e. The average Bonchev–Trinajstić information content (AvgIpc) is 2.99. The predicted octanol–water partition coefficient (Wildman–Crippen LogP) is 2.87. The number of hydrogen-bond donors (Lipinski definition) is 1. The summed E-state index contributed by atoms with van der Waals surface area (Å²) in [5.41, 5.74) is 6.49. The molecule has 7 heteroatoms. The summed E-state index contributed by atoms with van der Waals surface area (Å²) >= 11 is 1.35. The van der Waals surface area contributed by atoms with Crippen molar-refractivity contribution in [3.05, 3.63) is 51.6 Å². The van der Waals surface area contributed by atoms with Crippen LogP contribution in [0.1, 0.15) is 25.7 Å². The summed E-state index contributed by atoms with van der Waals surface area (Å²) in [6, 6.07) is 5.14. The number of fused-ring (bicyclic) bond motifs is 1. The number of nitrogens with zero attached hydrogens (tertiary/aromatic N) is 2. The van der Waals surface area contributed by atoms with Gasteiger partial charge in [-0.15, -0.1) is 11.3 Å². The number of rotatable bonds is 4. The van der Waals surface area contributed by atoms with Crippen LogP contribution in [0.2, 0.25) is 0 Å². The third kappa shape index (κ3) is 2.60. The Labute approximate surface area is 141 Å². The second-order valence-electron chi connectivity index (χ2n) is 5.47. The van der Waals surface area contributed by atoms with E-state index in [1.807, 2.05) is 12.3 Å². The van der Waals surface area contributed by atoms with Gasteiger partial charge in [0.1, 0.15) is 22.5 Å². The fourth-order valence-electron chi connectivity index (χ4n) is 2.66. The zero-order chi connectivity index (χ0) is 17.4. The van der Waals surface area contributed by atoms with Crippen molar-refractivity contribution in [3.8, 4) is 11.1 Å². The molecule has 2 N–H and O–H groups in total. The molecule has 0 aliphatic heterocycles. The van der Waals surface area contributed by atoms with Gasteiger partial charge >= 0.3 is 0 Å². The Morgan fingerprint density at radius 2 is 2.04 bits per heavy atom. The van der Waals surface area contributed by atoms with Crippen molar-refractivity contribution >= 4 is 27.5 Å². The minimum absolute atomic E-state index is 0.302. The van der Waals surface area contributed by atoms with Gasteiger partial charge in [0.15, 0.2) is 0 Å². The lowest BCUT2D eigenvalue weighted by atomic mass is 10.1. The number of carbonyl (C=O) groups excluding carboxylic acids is 1. The van der Waals surface area contributed by atoms with Crippen molar-refractivity contribution < 1.29 is 9.18 Å². The molecule has 1 amide bonds. The fraction of sp³-hybridized carbons (Fsp3) is 0.235. The molecule has 0 radical (unpaired) electrons. The Morgan fingerprint density at radius 3 is 2.62 bits per heavy atom. The summed E-state index contributed by atoms with van der Waals surface area (Å²) in [4.78, 5) is 29.7. The molecule has 3 aromatic rings. The molecule has 5 nitrogen and oxygen atoms in total. The number of halogens is 1. The first kappa shape index (κ1) is 16.3. The molecule has 0 saturated carbocycles. The van der Waals surface area contributed by atoms with Crippen molar-refractivity contribution in [2.24, 2.45) is 5.73 Å². The first-order chi connectivity index (χ1) is 11.4. The van der Waals surface area contributed by atoms with Crippen LogP contribution in [0.25, 0.3) is 21.3 Å². The molecule has 0 aliphatic rings. The van der Waals surface area contributed by atoms with Crippen LogP contribution in [0.4, 0.5) is 4.39 Å². The summed E-state index contributed by atoms with van der Waals surface area (Å²) in [5, 5.41) is 2.25. The highest BCUT2D eigenvalue weighted by molar-refractivity contribution is 7.17. The molecule has 1 atom stereocenters. The minimum Gasteiger partial charge on any atom is -0.368 e. The van der Waals surface area contributed by atoms with Gasteiger partial charge in [-0.1, -0.05) is 19.1 Å². The quantitative estimate of drug-likeness (QED) is 0.790. The van der Waals surface area contributed by atoms with E-state index in [4.69, 9.17) is 5.73 Å². The van der Waals surface area contributed by atoms with Crippen LogP contribution in [-0.2, 0) is 11.2 Å². The molecule has 0 spiro atoms. The standard InChI is InChI=1S/C17H16FN3O2S/c1-3-13-20-16-14(17(23)21(13)9(2)15(19)22)12(8-24-16)10-4-6-11(18)7-5-10/h4-9H,3H2,1-2H3,(H2,19,22). The summed E-state index contributed by atoms with van der Waals surface area (Å²) in [7, 11) is 0. The van der Waals surface area contributed by atoms with Crippen molar-refractivity contribution in [2.75, 3.05) is 0 Å². The number of carbonyl (C=O) groups is 1. The number of aromatic nitrogens is 2. The van der Waals surface area contributed by atoms with Gasteiger partial charge < -0.3 is 5.73 Å². The minimum atomic E-state index is -0.787.